The Morgan fingerprint density at radius 1 is 1.17 bits per heavy atom. The third kappa shape index (κ3) is 6.44. The zero-order valence-electron chi connectivity index (χ0n) is 14.9. The Morgan fingerprint density at radius 2 is 1.83 bits per heavy atom. The Balaban J connectivity index is 2.34. The molecule has 0 fully saturated rings. The molecule has 0 bridgehead atoms. The van der Waals surface area contributed by atoms with Crippen molar-refractivity contribution in [1.29, 1.82) is 0 Å². The summed E-state index contributed by atoms with van der Waals surface area (Å²) in [6, 6.07) is 5.33. The molecule has 1 rings (SSSR count). The van der Waals surface area contributed by atoms with Crippen LogP contribution in [0.25, 0.3) is 0 Å². The second kappa shape index (κ2) is 8.86. The summed E-state index contributed by atoms with van der Waals surface area (Å²) in [6.45, 7) is 5.14. The van der Waals surface area contributed by atoms with Gasteiger partial charge in [-0.15, -0.1) is 0 Å². The fourth-order valence-corrected chi connectivity index (χ4v) is 3.71. The average molecular weight is 375 g/mol. The second-order valence-electron chi connectivity index (χ2n) is 6.93. The van der Waals surface area contributed by atoms with Gasteiger partial charge in [-0.05, 0) is 51.3 Å². The molecule has 24 heavy (non-hydrogen) atoms. The van der Waals surface area contributed by atoms with Crippen molar-refractivity contribution in [3.05, 3.63) is 28.8 Å². The maximum Gasteiger partial charge on any atom is 0.155 e. The van der Waals surface area contributed by atoms with Gasteiger partial charge >= 0.3 is 0 Å². The normalized spacial score (nSPS) is 12.2. The van der Waals surface area contributed by atoms with Crippen LogP contribution < -0.4 is 4.74 Å². The third-order valence-electron chi connectivity index (χ3n) is 3.92. The number of benzene rings is 1. The van der Waals surface area contributed by atoms with E-state index in [0.29, 0.717) is 36.5 Å². The smallest absolute Gasteiger partial charge is 0.155 e. The Kier molecular flexibility index (Phi) is 7.74. The highest BCUT2D eigenvalue weighted by atomic mass is 35.5. The number of unbranched alkanes of at least 4 members (excludes halogenated alkanes) is 2. The standard InChI is InChI=1S/C18H27ClO4S/c1-18(2,3)24(21,22)11-7-5-6-8-15(20)12-14-9-10-17(23-4)16(19)13-14/h9-10,13H,5-8,11-12H2,1-4H3. The van der Waals surface area contributed by atoms with E-state index < -0.39 is 14.6 Å². The van der Waals surface area contributed by atoms with E-state index in [1.165, 1.54) is 0 Å². The van der Waals surface area contributed by atoms with E-state index >= 15 is 0 Å². The molecule has 0 radical (unpaired) electrons. The number of Topliss-reactive ketones (excluding diaryl/α,β-unsaturated/α-hetero) is 1. The Hall–Kier alpha value is -1.07. The summed E-state index contributed by atoms with van der Waals surface area (Å²) < 4.78 is 28.3. The topological polar surface area (TPSA) is 60.4 Å². The first kappa shape index (κ1) is 21.0. The zero-order valence-corrected chi connectivity index (χ0v) is 16.5. The fraction of sp³-hybridized carbons (Fsp3) is 0.611. The van der Waals surface area contributed by atoms with E-state index in [1.807, 2.05) is 6.07 Å². The van der Waals surface area contributed by atoms with Crippen molar-refractivity contribution >= 4 is 27.2 Å². The van der Waals surface area contributed by atoms with E-state index in [1.54, 1.807) is 40.0 Å². The molecule has 0 amide bonds. The summed E-state index contributed by atoms with van der Waals surface area (Å²) in [5.41, 5.74) is 0.862. The van der Waals surface area contributed by atoms with Crippen molar-refractivity contribution in [3.63, 3.8) is 0 Å². The summed E-state index contributed by atoms with van der Waals surface area (Å²) in [7, 11) is -1.52. The minimum Gasteiger partial charge on any atom is -0.495 e. The van der Waals surface area contributed by atoms with Gasteiger partial charge in [0.15, 0.2) is 9.84 Å². The summed E-state index contributed by atoms with van der Waals surface area (Å²) in [4.78, 5) is 12.0. The van der Waals surface area contributed by atoms with Crippen molar-refractivity contribution < 1.29 is 17.9 Å². The number of methoxy groups -OCH3 is 1. The first-order valence-electron chi connectivity index (χ1n) is 8.13. The molecule has 0 saturated carbocycles. The van der Waals surface area contributed by atoms with Crippen LogP contribution in [0.1, 0.15) is 52.0 Å². The van der Waals surface area contributed by atoms with E-state index in [2.05, 4.69) is 0 Å². The lowest BCUT2D eigenvalue weighted by Crippen LogP contribution is -2.30. The number of carbonyl (C=O) groups is 1. The molecule has 0 atom stereocenters. The van der Waals surface area contributed by atoms with Crippen LogP contribution >= 0.6 is 11.6 Å². The number of ketones is 1. The lowest BCUT2D eigenvalue weighted by Gasteiger charge is -2.18. The number of hydrogen-bond donors (Lipinski definition) is 0. The van der Waals surface area contributed by atoms with Gasteiger partial charge in [-0.2, -0.15) is 0 Å². The molecule has 0 aliphatic carbocycles. The van der Waals surface area contributed by atoms with Gasteiger partial charge in [-0.3, -0.25) is 4.79 Å². The highest BCUT2D eigenvalue weighted by Crippen LogP contribution is 2.25. The van der Waals surface area contributed by atoms with Crippen molar-refractivity contribution in [2.24, 2.45) is 0 Å². The zero-order chi connectivity index (χ0) is 18.4. The molecule has 0 aromatic heterocycles. The number of ether oxygens (including phenoxy) is 1. The van der Waals surface area contributed by atoms with Gasteiger partial charge in [0, 0.05) is 12.8 Å². The van der Waals surface area contributed by atoms with Crippen LogP contribution in [0.2, 0.25) is 5.02 Å². The molecule has 0 N–H and O–H groups in total. The van der Waals surface area contributed by atoms with E-state index in [0.717, 1.165) is 12.0 Å². The molecule has 0 heterocycles. The number of hydrogen-bond acceptors (Lipinski definition) is 4. The number of halogens is 1. The van der Waals surface area contributed by atoms with Crippen LogP contribution in [-0.2, 0) is 21.1 Å². The first-order valence-corrected chi connectivity index (χ1v) is 10.2. The molecule has 0 unspecified atom stereocenters. The summed E-state index contributed by atoms with van der Waals surface area (Å²) in [5.74, 6) is 0.904. The highest BCUT2D eigenvalue weighted by molar-refractivity contribution is 7.92. The van der Waals surface area contributed by atoms with Crippen LogP contribution in [0.15, 0.2) is 18.2 Å². The monoisotopic (exact) mass is 374 g/mol. The van der Waals surface area contributed by atoms with Crippen LogP contribution in [0.4, 0.5) is 0 Å². The Bertz CT molecular complexity index is 660. The number of carbonyl (C=O) groups excluding carboxylic acids is 1. The largest absolute Gasteiger partial charge is 0.495 e. The van der Waals surface area contributed by atoms with Gasteiger partial charge in [0.25, 0.3) is 0 Å². The molecule has 4 nitrogen and oxygen atoms in total. The summed E-state index contributed by atoms with van der Waals surface area (Å²) >= 11 is 6.04. The van der Waals surface area contributed by atoms with Crippen molar-refractivity contribution in [2.45, 2.75) is 57.6 Å². The molecule has 0 spiro atoms. The molecule has 1 aromatic carbocycles. The van der Waals surface area contributed by atoms with Crippen LogP contribution in [-0.4, -0.2) is 31.8 Å². The summed E-state index contributed by atoms with van der Waals surface area (Å²) in [6.07, 6.45) is 2.84. The van der Waals surface area contributed by atoms with Gasteiger partial charge in [-0.1, -0.05) is 24.1 Å². The van der Waals surface area contributed by atoms with Crippen molar-refractivity contribution in [3.8, 4) is 5.75 Å². The maximum atomic E-state index is 12.0. The molecule has 0 saturated heterocycles. The van der Waals surface area contributed by atoms with E-state index in [4.69, 9.17) is 16.3 Å². The fourth-order valence-electron chi connectivity index (χ4n) is 2.23. The minimum atomic E-state index is -3.07. The minimum absolute atomic E-state index is 0.134. The average Bonchev–Trinajstić information content (AvgIpc) is 2.45. The van der Waals surface area contributed by atoms with E-state index in [-0.39, 0.29) is 11.5 Å². The lowest BCUT2D eigenvalue weighted by molar-refractivity contribution is -0.118. The maximum absolute atomic E-state index is 12.0. The first-order chi connectivity index (χ1) is 11.1. The van der Waals surface area contributed by atoms with Gasteiger partial charge in [-0.25, -0.2) is 8.42 Å². The Labute approximate surface area is 150 Å². The predicted molar refractivity (Wildman–Crippen MR) is 98.7 cm³/mol. The van der Waals surface area contributed by atoms with Crippen LogP contribution in [0.5, 0.6) is 5.75 Å². The molecular weight excluding hydrogens is 348 g/mol. The Morgan fingerprint density at radius 3 is 2.38 bits per heavy atom. The molecule has 1 aromatic rings. The van der Waals surface area contributed by atoms with E-state index in [9.17, 15) is 13.2 Å². The third-order valence-corrected chi connectivity index (χ3v) is 6.91. The molecule has 136 valence electrons. The predicted octanol–water partition coefficient (Wildman–Crippen LogP) is 4.23. The molecule has 0 aliphatic heterocycles. The highest BCUT2D eigenvalue weighted by Gasteiger charge is 2.27. The van der Waals surface area contributed by atoms with Gasteiger partial charge in [0.05, 0.1) is 22.6 Å². The van der Waals surface area contributed by atoms with Crippen LogP contribution in [0.3, 0.4) is 0 Å². The van der Waals surface area contributed by atoms with Gasteiger partial charge < -0.3 is 4.74 Å². The molecule has 0 aliphatic rings. The van der Waals surface area contributed by atoms with Gasteiger partial charge in [0.2, 0.25) is 0 Å². The quantitative estimate of drug-likeness (QED) is 0.607. The van der Waals surface area contributed by atoms with Gasteiger partial charge in [0.1, 0.15) is 11.5 Å². The molecule has 6 heteroatoms. The van der Waals surface area contributed by atoms with Crippen molar-refractivity contribution in [2.75, 3.05) is 12.9 Å². The SMILES string of the molecule is COc1ccc(CC(=O)CCCCCS(=O)(=O)C(C)(C)C)cc1Cl. The van der Waals surface area contributed by atoms with Crippen LogP contribution in [0, 0.1) is 0 Å². The van der Waals surface area contributed by atoms with Crippen molar-refractivity contribution in [1.82, 2.24) is 0 Å². The molecular formula is C18H27ClO4S. The second-order valence-corrected chi connectivity index (χ2v) is 10.2. The lowest BCUT2D eigenvalue weighted by atomic mass is 10.0. The number of rotatable bonds is 9. The number of sulfone groups is 1. The summed E-state index contributed by atoms with van der Waals surface area (Å²) in [5, 5.41) is 0.496.